The molecule has 1 fully saturated rings. The molecular formula is C15H22N6O. The number of hydrogen-bond acceptors (Lipinski definition) is 4. The molecule has 118 valence electrons. The Labute approximate surface area is 129 Å². The Morgan fingerprint density at radius 2 is 2.18 bits per heavy atom. The number of nitrogens with zero attached hydrogens (tertiary/aromatic N) is 5. The van der Waals surface area contributed by atoms with Crippen molar-refractivity contribution in [1.29, 1.82) is 0 Å². The molecule has 7 nitrogen and oxygen atoms in total. The van der Waals surface area contributed by atoms with Crippen molar-refractivity contribution < 1.29 is 4.79 Å². The van der Waals surface area contributed by atoms with Crippen LogP contribution in [0.5, 0.6) is 0 Å². The molecular weight excluding hydrogens is 280 g/mol. The lowest BCUT2D eigenvalue weighted by Gasteiger charge is -2.08. The molecule has 0 saturated heterocycles. The predicted molar refractivity (Wildman–Crippen MR) is 81.4 cm³/mol. The lowest BCUT2D eigenvalue weighted by atomic mass is 10.1. The van der Waals surface area contributed by atoms with Gasteiger partial charge in [-0.1, -0.05) is 6.92 Å². The Bertz CT molecular complexity index is 682. The van der Waals surface area contributed by atoms with Gasteiger partial charge in [-0.3, -0.25) is 9.48 Å². The van der Waals surface area contributed by atoms with E-state index in [-0.39, 0.29) is 5.91 Å². The van der Waals surface area contributed by atoms with Gasteiger partial charge in [0.15, 0.2) is 5.82 Å². The number of hydrogen-bond donors (Lipinski definition) is 1. The predicted octanol–water partition coefficient (Wildman–Crippen LogP) is 1.54. The van der Waals surface area contributed by atoms with Crippen molar-refractivity contribution in [2.75, 3.05) is 0 Å². The summed E-state index contributed by atoms with van der Waals surface area (Å²) < 4.78 is 3.86. The quantitative estimate of drug-likeness (QED) is 0.878. The van der Waals surface area contributed by atoms with Gasteiger partial charge in [-0.15, -0.1) is 10.2 Å². The highest BCUT2D eigenvalue weighted by atomic mass is 16.1. The molecule has 0 bridgehead atoms. The molecule has 2 heterocycles. The fraction of sp³-hybridized carbons (Fsp3) is 0.600. The fourth-order valence-corrected chi connectivity index (χ4v) is 2.61. The lowest BCUT2D eigenvalue weighted by molar-refractivity contribution is 0.0948. The minimum Gasteiger partial charge on any atom is -0.345 e. The maximum Gasteiger partial charge on any atom is 0.255 e. The molecule has 0 unspecified atom stereocenters. The van der Waals surface area contributed by atoms with Crippen molar-refractivity contribution in [3.63, 3.8) is 0 Å². The Kier molecular flexibility index (Phi) is 3.96. The molecule has 22 heavy (non-hydrogen) atoms. The Hall–Kier alpha value is -2.18. The lowest BCUT2D eigenvalue weighted by Crippen LogP contribution is -2.25. The first kappa shape index (κ1) is 14.7. The summed E-state index contributed by atoms with van der Waals surface area (Å²) in [4.78, 5) is 12.5. The van der Waals surface area contributed by atoms with Gasteiger partial charge in [-0.05, 0) is 26.2 Å². The van der Waals surface area contributed by atoms with E-state index >= 15 is 0 Å². The molecule has 0 radical (unpaired) electrons. The first-order valence-corrected chi connectivity index (χ1v) is 7.80. The SMILES string of the molecule is CCCn1ncc(C(=O)NCc2nnc(C)n2C)c1C1CC1. The van der Waals surface area contributed by atoms with Crippen LogP contribution in [0, 0.1) is 6.92 Å². The van der Waals surface area contributed by atoms with Crippen molar-refractivity contribution in [3.8, 4) is 0 Å². The maximum absolute atomic E-state index is 12.5. The van der Waals surface area contributed by atoms with Crippen LogP contribution in [-0.2, 0) is 20.1 Å². The van der Waals surface area contributed by atoms with Crippen molar-refractivity contribution in [2.24, 2.45) is 7.05 Å². The molecule has 1 aliphatic carbocycles. The Morgan fingerprint density at radius 1 is 1.41 bits per heavy atom. The van der Waals surface area contributed by atoms with Gasteiger partial charge in [0.1, 0.15) is 5.82 Å². The van der Waals surface area contributed by atoms with E-state index in [0.29, 0.717) is 18.0 Å². The molecule has 0 aliphatic heterocycles. The molecule has 0 aromatic carbocycles. The first-order valence-electron chi connectivity index (χ1n) is 7.80. The van der Waals surface area contributed by atoms with Crippen LogP contribution >= 0.6 is 0 Å². The van der Waals surface area contributed by atoms with Gasteiger partial charge >= 0.3 is 0 Å². The molecule has 0 atom stereocenters. The fourth-order valence-electron chi connectivity index (χ4n) is 2.61. The molecule has 1 aliphatic rings. The second-order valence-electron chi connectivity index (χ2n) is 5.85. The van der Waals surface area contributed by atoms with Crippen LogP contribution in [-0.4, -0.2) is 30.5 Å². The molecule has 3 rings (SSSR count). The maximum atomic E-state index is 12.5. The normalized spacial score (nSPS) is 14.3. The van der Waals surface area contributed by atoms with Crippen LogP contribution in [0.4, 0.5) is 0 Å². The van der Waals surface area contributed by atoms with Crippen LogP contribution in [0.2, 0.25) is 0 Å². The molecule has 0 spiro atoms. The van der Waals surface area contributed by atoms with Crippen LogP contribution < -0.4 is 5.32 Å². The number of aromatic nitrogens is 5. The van der Waals surface area contributed by atoms with Crippen LogP contribution in [0.25, 0.3) is 0 Å². The van der Waals surface area contributed by atoms with Gasteiger partial charge in [0.25, 0.3) is 5.91 Å². The smallest absolute Gasteiger partial charge is 0.255 e. The number of amides is 1. The molecule has 1 saturated carbocycles. The summed E-state index contributed by atoms with van der Waals surface area (Å²) in [6.45, 7) is 5.24. The van der Waals surface area contributed by atoms with E-state index in [0.717, 1.165) is 43.1 Å². The van der Waals surface area contributed by atoms with Crippen molar-refractivity contribution in [3.05, 3.63) is 29.1 Å². The average molecular weight is 302 g/mol. The number of nitrogens with one attached hydrogen (secondary N) is 1. The zero-order chi connectivity index (χ0) is 15.7. The van der Waals surface area contributed by atoms with Gasteiger partial charge < -0.3 is 9.88 Å². The monoisotopic (exact) mass is 302 g/mol. The third-order valence-electron chi connectivity index (χ3n) is 4.11. The summed E-state index contributed by atoms with van der Waals surface area (Å²) in [5.41, 5.74) is 1.79. The minimum absolute atomic E-state index is 0.0788. The second-order valence-corrected chi connectivity index (χ2v) is 5.85. The standard InChI is InChI=1S/C15H22N6O/c1-4-7-21-14(11-5-6-11)12(8-17-21)15(22)16-9-13-19-18-10(2)20(13)3/h8,11H,4-7,9H2,1-3H3,(H,16,22). The van der Waals surface area contributed by atoms with E-state index in [9.17, 15) is 4.79 Å². The van der Waals surface area contributed by atoms with E-state index in [1.54, 1.807) is 6.20 Å². The third kappa shape index (κ3) is 2.75. The molecule has 1 amide bonds. The summed E-state index contributed by atoms with van der Waals surface area (Å²) in [7, 11) is 1.89. The second kappa shape index (κ2) is 5.90. The summed E-state index contributed by atoms with van der Waals surface area (Å²) in [6.07, 6.45) is 5.01. The number of carbonyl (C=O) groups excluding carboxylic acids is 1. The van der Waals surface area contributed by atoms with E-state index in [1.165, 1.54) is 0 Å². The van der Waals surface area contributed by atoms with E-state index in [4.69, 9.17) is 0 Å². The highest BCUT2D eigenvalue weighted by Gasteiger charge is 2.32. The van der Waals surface area contributed by atoms with Crippen LogP contribution in [0.15, 0.2) is 6.20 Å². The summed E-state index contributed by atoms with van der Waals surface area (Å²) in [6, 6.07) is 0. The largest absolute Gasteiger partial charge is 0.345 e. The van der Waals surface area contributed by atoms with Gasteiger partial charge in [-0.25, -0.2) is 0 Å². The highest BCUT2D eigenvalue weighted by molar-refractivity contribution is 5.95. The van der Waals surface area contributed by atoms with Crippen LogP contribution in [0.1, 0.15) is 59.8 Å². The average Bonchev–Trinajstić information content (AvgIpc) is 3.19. The molecule has 7 heteroatoms. The van der Waals surface area contributed by atoms with E-state index in [2.05, 4.69) is 27.5 Å². The zero-order valence-corrected chi connectivity index (χ0v) is 13.3. The topological polar surface area (TPSA) is 77.6 Å². The van der Waals surface area contributed by atoms with E-state index < -0.39 is 0 Å². The van der Waals surface area contributed by atoms with E-state index in [1.807, 2.05) is 23.2 Å². The highest BCUT2D eigenvalue weighted by Crippen LogP contribution is 2.41. The summed E-state index contributed by atoms with van der Waals surface area (Å²) in [5.74, 6) is 2.00. The summed E-state index contributed by atoms with van der Waals surface area (Å²) in [5, 5.41) is 15.4. The van der Waals surface area contributed by atoms with Crippen molar-refractivity contribution >= 4 is 5.91 Å². The van der Waals surface area contributed by atoms with Gasteiger partial charge in [-0.2, -0.15) is 5.10 Å². The number of carbonyl (C=O) groups is 1. The summed E-state index contributed by atoms with van der Waals surface area (Å²) >= 11 is 0. The van der Waals surface area contributed by atoms with Crippen molar-refractivity contribution in [2.45, 2.75) is 52.1 Å². The minimum atomic E-state index is -0.0788. The zero-order valence-electron chi connectivity index (χ0n) is 13.3. The molecule has 2 aromatic rings. The third-order valence-corrected chi connectivity index (χ3v) is 4.11. The van der Waals surface area contributed by atoms with Gasteiger partial charge in [0, 0.05) is 19.5 Å². The number of rotatable bonds is 6. The van der Waals surface area contributed by atoms with Crippen molar-refractivity contribution in [1.82, 2.24) is 29.9 Å². The van der Waals surface area contributed by atoms with Gasteiger partial charge in [0.2, 0.25) is 0 Å². The van der Waals surface area contributed by atoms with Gasteiger partial charge in [0.05, 0.1) is 24.0 Å². The van der Waals surface area contributed by atoms with Crippen LogP contribution in [0.3, 0.4) is 0 Å². The first-order chi connectivity index (χ1) is 10.6. The Morgan fingerprint density at radius 3 is 2.77 bits per heavy atom. The Balaban J connectivity index is 1.73. The molecule has 2 aromatic heterocycles. The molecule has 1 N–H and O–H groups in total. The number of aryl methyl sites for hydroxylation is 2.